The molecule has 0 bridgehead atoms. The van der Waals surface area contributed by atoms with Gasteiger partial charge >= 0.3 is 12.1 Å². The van der Waals surface area contributed by atoms with Crippen molar-refractivity contribution in [3.63, 3.8) is 0 Å². The third-order valence-corrected chi connectivity index (χ3v) is 5.27. The summed E-state index contributed by atoms with van der Waals surface area (Å²) in [5.41, 5.74) is -2.60. The van der Waals surface area contributed by atoms with Gasteiger partial charge in [0.25, 0.3) is 0 Å². The summed E-state index contributed by atoms with van der Waals surface area (Å²) in [6.45, 7) is 0. The maximum Gasteiger partial charge on any atom is 0.433 e. The van der Waals surface area contributed by atoms with E-state index in [4.69, 9.17) is 0 Å². The fourth-order valence-corrected chi connectivity index (χ4v) is 3.59. The second-order valence-corrected chi connectivity index (χ2v) is 7.29. The van der Waals surface area contributed by atoms with Crippen LogP contribution in [0.1, 0.15) is 23.5 Å². The van der Waals surface area contributed by atoms with Gasteiger partial charge in [0.05, 0.1) is 5.69 Å². The van der Waals surface area contributed by atoms with Gasteiger partial charge < -0.3 is 5.11 Å². The lowest BCUT2D eigenvalue weighted by molar-refractivity contribution is -0.145. The molecule has 1 aromatic heterocycles. The number of aliphatic carboxylic acids is 1. The molecular formula is C24H16F4N2O2. The molecule has 0 aliphatic heterocycles. The van der Waals surface area contributed by atoms with E-state index in [2.05, 4.69) is 9.97 Å². The van der Waals surface area contributed by atoms with Crippen LogP contribution in [0.5, 0.6) is 0 Å². The van der Waals surface area contributed by atoms with Crippen molar-refractivity contribution in [2.24, 2.45) is 0 Å². The van der Waals surface area contributed by atoms with Gasteiger partial charge in [0, 0.05) is 12.0 Å². The molecule has 0 spiro atoms. The minimum Gasteiger partial charge on any atom is -0.480 e. The van der Waals surface area contributed by atoms with E-state index in [0.717, 1.165) is 12.1 Å². The van der Waals surface area contributed by atoms with Crippen molar-refractivity contribution < 1.29 is 27.5 Å². The summed E-state index contributed by atoms with van der Waals surface area (Å²) in [5.74, 6) is -3.57. The van der Waals surface area contributed by atoms with E-state index in [-0.39, 0.29) is 5.69 Å². The number of aromatic nitrogens is 2. The summed E-state index contributed by atoms with van der Waals surface area (Å²) in [5, 5.41) is 10.1. The van der Waals surface area contributed by atoms with Crippen LogP contribution in [0.25, 0.3) is 16.8 Å². The Morgan fingerprint density at radius 2 is 1.50 bits per heavy atom. The highest BCUT2D eigenvalue weighted by atomic mass is 19.4. The maximum absolute atomic E-state index is 15.2. The highest BCUT2D eigenvalue weighted by molar-refractivity contribution is 5.89. The molecule has 1 atom stereocenters. The Labute approximate surface area is 180 Å². The Morgan fingerprint density at radius 1 is 0.906 bits per heavy atom. The SMILES string of the molecule is O=C(O)C1(c2nc(-c3ccccc3)cc(C(F)(F)F)n2)CC(c2ccccc2)=CC=C1F. The quantitative estimate of drug-likeness (QED) is 0.519. The fourth-order valence-electron chi connectivity index (χ4n) is 3.59. The summed E-state index contributed by atoms with van der Waals surface area (Å²) < 4.78 is 56.1. The summed E-state index contributed by atoms with van der Waals surface area (Å²) in [6, 6.07) is 17.3. The van der Waals surface area contributed by atoms with Crippen LogP contribution in [0.3, 0.4) is 0 Å². The second-order valence-electron chi connectivity index (χ2n) is 7.29. The van der Waals surface area contributed by atoms with Crippen LogP contribution in [-0.2, 0) is 16.4 Å². The lowest BCUT2D eigenvalue weighted by atomic mass is 9.74. The highest BCUT2D eigenvalue weighted by Crippen LogP contribution is 2.44. The third kappa shape index (κ3) is 3.79. The number of carbonyl (C=O) groups is 1. The van der Waals surface area contributed by atoms with Crippen LogP contribution in [-0.4, -0.2) is 21.0 Å². The number of alkyl halides is 3. The van der Waals surface area contributed by atoms with Crippen molar-refractivity contribution in [1.29, 1.82) is 0 Å². The average Bonchev–Trinajstić information content (AvgIpc) is 2.79. The van der Waals surface area contributed by atoms with Gasteiger partial charge in [-0.2, -0.15) is 13.2 Å². The molecule has 8 heteroatoms. The molecule has 1 unspecified atom stereocenters. The van der Waals surface area contributed by atoms with E-state index in [1.54, 1.807) is 48.5 Å². The predicted octanol–water partition coefficient (Wildman–Crippen LogP) is 5.83. The van der Waals surface area contributed by atoms with Crippen LogP contribution < -0.4 is 0 Å². The van der Waals surface area contributed by atoms with E-state index >= 15 is 4.39 Å². The number of nitrogens with zero attached hydrogens (tertiary/aromatic N) is 2. The number of carboxylic acid groups (broad SMARTS) is 1. The molecule has 32 heavy (non-hydrogen) atoms. The number of allylic oxidation sites excluding steroid dienone is 3. The Balaban J connectivity index is 1.93. The average molecular weight is 440 g/mol. The minimum absolute atomic E-state index is 0.146. The van der Waals surface area contributed by atoms with Gasteiger partial charge in [-0.3, -0.25) is 4.79 Å². The first-order valence-corrected chi connectivity index (χ1v) is 9.59. The van der Waals surface area contributed by atoms with Gasteiger partial charge in [0.2, 0.25) is 0 Å². The summed E-state index contributed by atoms with van der Waals surface area (Å²) >= 11 is 0. The standard InChI is InChI=1S/C24H16F4N2O2/c25-19-12-11-17(15-7-3-1-4-8-15)14-23(19,22(31)32)21-29-18(16-9-5-2-6-10-16)13-20(30-21)24(26,27)28/h1-13H,14H2,(H,31,32). The molecule has 0 saturated heterocycles. The molecule has 1 aliphatic rings. The lowest BCUT2D eigenvalue weighted by Crippen LogP contribution is -2.40. The molecule has 4 rings (SSSR count). The molecule has 1 heterocycles. The van der Waals surface area contributed by atoms with Gasteiger partial charge in [0.15, 0.2) is 11.2 Å². The first kappa shape index (κ1) is 21.4. The third-order valence-electron chi connectivity index (χ3n) is 5.27. The number of carboxylic acids is 1. The Bertz CT molecular complexity index is 1220. The largest absolute Gasteiger partial charge is 0.480 e. The molecule has 3 aromatic rings. The highest BCUT2D eigenvalue weighted by Gasteiger charge is 2.51. The molecule has 162 valence electrons. The summed E-state index contributed by atoms with van der Waals surface area (Å²) in [4.78, 5) is 20.0. The van der Waals surface area contributed by atoms with Crippen LogP contribution in [0, 0.1) is 0 Å². The van der Waals surface area contributed by atoms with Crippen molar-refractivity contribution in [3.8, 4) is 11.3 Å². The van der Waals surface area contributed by atoms with Crippen LogP contribution >= 0.6 is 0 Å². The van der Waals surface area contributed by atoms with Crippen molar-refractivity contribution in [2.75, 3.05) is 0 Å². The fraction of sp³-hybridized carbons (Fsp3) is 0.125. The van der Waals surface area contributed by atoms with E-state index in [9.17, 15) is 23.1 Å². The van der Waals surface area contributed by atoms with Crippen molar-refractivity contribution in [3.05, 3.63) is 102 Å². The molecule has 2 aromatic carbocycles. The van der Waals surface area contributed by atoms with Crippen LogP contribution in [0.2, 0.25) is 0 Å². The van der Waals surface area contributed by atoms with E-state index in [0.29, 0.717) is 16.7 Å². The number of hydrogen-bond donors (Lipinski definition) is 1. The van der Waals surface area contributed by atoms with Crippen LogP contribution in [0.4, 0.5) is 17.6 Å². The molecule has 4 nitrogen and oxygen atoms in total. The smallest absolute Gasteiger partial charge is 0.433 e. The molecule has 1 aliphatic carbocycles. The van der Waals surface area contributed by atoms with E-state index < -0.39 is 41.3 Å². The van der Waals surface area contributed by atoms with Crippen molar-refractivity contribution >= 4 is 11.5 Å². The normalized spacial score (nSPS) is 18.6. The minimum atomic E-state index is -4.88. The molecule has 0 fully saturated rings. The lowest BCUT2D eigenvalue weighted by Gasteiger charge is -2.30. The monoisotopic (exact) mass is 440 g/mol. The molecule has 1 N–H and O–H groups in total. The number of hydrogen-bond acceptors (Lipinski definition) is 3. The first-order valence-electron chi connectivity index (χ1n) is 9.59. The zero-order valence-electron chi connectivity index (χ0n) is 16.5. The van der Waals surface area contributed by atoms with Gasteiger partial charge in [0.1, 0.15) is 11.5 Å². The topological polar surface area (TPSA) is 63.1 Å². The summed E-state index contributed by atoms with van der Waals surface area (Å²) in [7, 11) is 0. The molecule has 0 radical (unpaired) electrons. The Hall–Kier alpha value is -3.81. The van der Waals surface area contributed by atoms with Gasteiger partial charge in [-0.25, -0.2) is 14.4 Å². The Morgan fingerprint density at radius 3 is 2.06 bits per heavy atom. The number of halogens is 4. The predicted molar refractivity (Wildman–Crippen MR) is 110 cm³/mol. The Kier molecular flexibility index (Phi) is 5.38. The van der Waals surface area contributed by atoms with E-state index in [1.165, 1.54) is 18.2 Å². The van der Waals surface area contributed by atoms with Crippen molar-refractivity contribution in [1.82, 2.24) is 9.97 Å². The zero-order chi connectivity index (χ0) is 22.9. The van der Waals surface area contributed by atoms with Gasteiger partial charge in [-0.15, -0.1) is 0 Å². The van der Waals surface area contributed by atoms with Crippen molar-refractivity contribution in [2.45, 2.75) is 18.0 Å². The maximum atomic E-state index is 15.2. The van der Waals surface area contributed by atoms with Crippen LogP contribution in [0.15, 0.2) is 84.7 Å². The molecule has 0 saturated carbocycles. The number of benzene rings is 2. The zero-order valence-corrected chi connectivity index (χ0v) is 16.5. The van der Waals surface area contributed by atoms with E-state index in [1.807, 2.05) is 0 Å². The first-order chi connectivity index (χ1) is 15.2. The van der Waals surface area contributed by atoms with Gasteiger partial charge in [-0.1, -0.05) is 66.7 Å². The summed E-state index contributed by atoms with van der Waals surface area (Å²) in [6.07, 6.45) is -2.96. The molecule has 0 amide bonds. The number of rotatable bonds is 4. The second kappa shape index (κ2) is 8.03. The van der Waals surface area contributed by atoms with Gasteiger partial charge in [-0.05, 0) is 23.3 Å². The molecular weight excluding hydrogens is 424 g/mol.